The molecule has 1 saturated carbocycles. The van der Waals surface area contributed by atoms with Crippen LogP contribution in [0.5, 0.6) is 0 Å². The summed E-state index contributed by atoms with van der Waals surface area (Å²) in [6.07, 6.45) is 5.78. The Morgan fingerprint density at radius 1 is 1.56 bits per heavy atom. The van der Waals surface area contributed by atoms with Crippen LogP contribution in [-0.4, -0.2) is 24.4 Å². The summed E-state index contributed by atoms with van der Waals surface area (Å²) in [6, 6.07) is 0. The molecule has 0 aliphatic heterocycles. The molecule has 0 spiro atoms. The standard InChI is InChI=1S/C14H24O2/c1-10(15)9-16-7-6-11-4-5-12-8-13(11)14(12,2)3/h4,10,12-13,15H,5-9H2,1-3H3. The minimum atomic E-state index is -0.343. The van der Waals surface area contributed by atoms with Crippen molar-refractivity contribution in [3.05, 3.63) is 11.6 Å². The first-order chi connectivity index (χ1) is 7.51. The van der Waals surface area contributed by atoms with E-state index in [4.69, 9.17) is 9.84 Å². The average Bonchev–Trinajstić information content (AvgIpc) is 2.24. The molecule has 0 heterocycles. The smallest absolute Gasteiger partial charge is 0.0745 e. The molecule has 3 rings (SSSR count). The molecule has 0 radical (unpaired) electrons. The van der Waals surface area contributed by atoms with E-state index in [0.29, 0.717) is 12.0 Å². The van der Waals surface area contributed by atoms with Crippen LogP contribution in [0.1, 0.15) is 40.0 Å². The lowest BCUT2D eigenvalue weighted by atomic mass is 9.48. The van der Waals surface area contributed by atoms with Gasteiger partial charge in [-0.3, -0.25) is 0 Å². The number of aliphatic hydroxyl groups excluding tert-OH is 1. The summed E-state index contributed by atoms with van der Waals surface area (Å²) in [7, 11) is 0. The highest BCUT2D eigenvalue weighted by Gasteiger charge is 2.50. The fourth-order valence-corrected chi connectivity index (χ4v) is 3.20. The largest absolute Gasteiger partial charge is 0.391 e. The third kappa shape index (κ3) is 2.18. The number of ether oxygens (including phenoxy) is 1. The highest BCUT2D eigenvalue weighted by atomic mass is 16.5. The second kappa shape index (κ2) is 4.50. The lowest BCUT2D eigenvalue weighted by Crippen LogP contribution is -2.48. The van der Waals surface area contributed by atoms with Crippen molar-refractivity contribution in [1.82, 2.24) is 0 Å². The van der Waals surface area contributed by atoms with Crippen LogP contribution in [0, 0.1) is 17.3 Å². The second-order valence-corrected chi connectivity index (χ2v) is 6.00. The maximum absolute atomic E-state index is 9.09. The van der Waals surface area contributed by atoms with Crippen LogP contribution < -0.4 is 0 Å². The molecule has 1 fully saturated rings. The van der Waals surface area contributed by atoms with Crippen molar-refractivity contribution in [3.63, 3.8) is 0 Å². The molecule has 0 aromatic heterocycles. The molecule has 3 unspecified atom stereocenters. The Morgan fingerprint density at radius 2 is 2.31 bits per heavy atom. The first-order valence-electron chi connectivity index (χ1n) is 6.46. The highest BCUT2D eigenvalue weighted by molar-refractivity contribution is 5.23. The molecule has 0 saturated heterocycles. The van der Waals surface area contributed by atoms with Gasteiger partial charge in [0.25, 0.3) is 0 Å². The minimum absolute atomic E-state index is 0.343. The molecule has 16 heavy (non-hydrogen) atoms. The van der Waals surface area contributed by atoms with Gasteiger partial charge in [-0.1, -0.05) is 25.5 Å². The van der Waals surface area contributed by atoms with E-state index in [-0.39, 0.29) is 6.10 Å². The van der Waals surface area contributed by atoms with Crippen molar-refractivity contribution in [3.8, 4) is 0 Å². The van der Waals surface area contributed by atoms with E-state index < -0.39 is 0 Å². The van der Waals surface area contributed by atoms with Crippen LogP contribution in [0.25, 0.3) is 0 Å². The summed E-state index contributed by atoms with van der Waals surface area (Å²) in [6.45, 7) is 7.78. The van der Waals surface area contributed by atoms with Crippen LogP contribution in [0.3, 0.4) is 0 Å². The zero-order valence-electron chi connectivity index (χ0n) is 10.7. The molecule has 2 heteroatoms. The molecule has 0 amide bonds. The van der Waals surface area contributed by atoms with Gasteiger partial charge in [-0.25, -0.2) is 0 Å². The molecule has 92 valence electrons. The van der Waals surface area contributed by atoms with Gasteiger partial charge in [0.2, 0.25) is 0 Å². The van der Waals surface area contributed by atoms with E-state index >= 15 is 0 Å². The molecular weight excluding hydrogens is 200 g/mol. The second-order valence-electron chi connectivity index (χ2n) is 6.00. The van der Waals surface area contributed by atoms with Gasteiger partial charge in [0.1, 0.15) is 0 Å². The van der Waals surface area contributed by atoms with Gasteiger partial charge in [-0.15, -0.1) is 0 Å². The van der Waals surface area contributed by atoms with Crippen molar-refractivity contribution in [2.24, 2.45) is 17.3 Å². The molecule has 3 aliphatic carbocycles. The number of hydrogen-bond donors (Lipinski definition) is 1. The van der Waals surface area contributed by atoms with E-state index in [1.54, 1.807) is 12.5 Å². The number of allylic oxidation sites excluding steroid dienone is 1. The van der Waals surface area contributed by atoms with Gasteiger partial charge >= 0.3 is 0 Å². The zero-order chi connectivity index (χ0) is 11.8. The van der Waals surface area contributed by atoms with Gasteiger partial charge in [0.15, 0.2) is 0 Å². The normalized spacial score (nSPS) is 32.9. The molecule has 0 aromatic carbocycles. The number of fused-ring (bicyclic) bond motifs is 1. The number of aliphatic hydroxyl groups is 1. The monoisotopic (exact) mass is 224 g/mol. The lowest BCUT2D eigenvalue weighted by molar-refractivity contribution is -0.0129. The van der Waals surface area contributed by atoms with E-state index in [9.17, 15) is 0 Å². The first-order valence-corrected chi connectivity index (χ1v) is 6.46. The Hall–Kier alpha value is -0.340. The lowest BCUT2D eigenvalue weighted by Gasteiger charge is -2.56. The van der Waals surface area contributed by atoms with Gasteiger partial charge in [-0.05, 0) is 43.4 Å². The average molecular weight is 224 g/mol. The molecule has 3 atom stereocenters. The third-order valence-electron chi connectivity index (χ3n) is 4.48. The van der Waals surface area contributed by atoms with Crippen molar-refractivity contribution in [1.29, 1.82) is 0 Å². The Kier molecular flexibility index (Phi) is 3.41. The van der Waals surface area contributed by atoms with Crippen molar-refractivity contribution >= 4 is 0 Å². The topological polar surface area (TPSA) is 29.5 Å². The van der Waals surface area contributed by atoms with Crippen LogP contribution in [0.4, 0.5) is 0 Å². The Bertz CT molecular complexity index is 278. The van der Waals surface area contributed by atoms with Crippen molar-refractivity contribution in [2.45, 2.75) is 46.1 Å². The minimum Gasteiger partial charge on any atom is -0.391 e. The summed E-state index contributed by atoms with van der Waals surface area (Å²) in [5, 5.41) is 9.09. The molecular formula is C14H24O2. The predicted octanol–water partition coefficient (Wildman–Crippen LogP) is 2.77. The Labute approximate surface area is 98.7 Å². The molecule has 1 N–H and O–H groups in total. The van der Waals surface area contributed by atoms with Crippen molar-refractivity contribution in [2.75, 3.05) is 13.2 Å². The van der Waals surface area contributed by atoms with E-state index in [0.717, 1.165) is 24.9 Å². The van der Waals surface area contributed by atoms with Crippen LogP contribution in [0.15, 0.2) is 11.6 Å². The Morgan fingerprint density at radius 3 is 2.88 bits per heavy atom. The summed E-state index contributed by atoms with van der Waals surface area (Å²) in [4.78, 5) is 0. The first kappa shape index (κ1) is 12.1. The van der Waals surface area contributed by atoms with Crippen LogP contribution in [-0.2, 0) is 4.74 Å². The number of hydrogen-bond acceptors (Lipinski definition) is 2. The fourth-order valence-electron chi connectivity index (χ4n) is 3.20. The van der Waals surface area contributed by atoms with E-state index in [1.165, 1.54) is 12.8 Å². The maximum atomic E-state index is 9.09. The van der Waals surface area contributed by atoms with Crippen molar-refractivity contribution < 1.29 is 9.84 Å². The van der Waals surface area contributed by atoms with Crippen LogP contribution >= 0.6 is 0 Å². The number of rotatable bonds is 5. The third-order valence-corrected chi connectivity index (χ3v) is 4.48. The van der Waals surface area contributed by atoms with Crippen LogP contribution in [0.2, 0.25) is 0 Å². The molecule has 3 aliphatic rings. The summed E-state index contributed by atoms with van der Waals surface area (Å²) >= 11 is 0. The van der Waals surface area contributed by atoms with Gasteiger partial charge in [0.05, 0.1) is 19.3 Å². The summed E-state index contributed by atoms with van der Waals surface area (Å²) < 4.78 is 5.44. The van der Waals surface area contributed by atoms with E-state index in [2.05, 4.69) is 19.9 Å². The quantitative estimate of drug-likeness (QED) is 0.575. The maximum Gasteiger partial charge on any atom is 0.0745 e. The summed E-state index contributed by atoms with van der Waals surface area (Å²) in [5.74, 6) is 1.71. The highest BCUT2D eigenvalue weighted by Crippen LogP contribution is 2.59. The van der Waals surface area contributed by atoms with Gasteiger partial charge in [0, 0.05) is 0 Å². The Balaban J connectivity index is 1.76. The molecule has 0 aromatic rings. The van der Waals surface area contributed by atoms with E-state index in [1.807, 2.05) is 0 Å². The fraction of sp³-hybridized carbons (Fsp3) is 0.857. The zero-order valence-corrected chi connectivity index (χ0v) is 10.7. The summed E-state index contributed by atoms with van der Waals surface area (Å²) in [5.41, 5.74) is 2.12. The SMILES string of the molecule is CC(O)COCCC1=CCC2CC1C2(C)C. The van der Waals surface area contributed by atoms with Gasteiger partial charge < -0.3 is 9.84 Å². The van der Waals surface area contributed by atoms with Gasteiger partial charge in [-0.2, -0.15) is 0 Å². The predicted molar refractivity (Wildman–Crippen MR) is 65.2 cm³/mol. The molecule has 2 nitrogen and oxygen atoms in total. The molecule has 2 bridgehead atoms.